The molecule has 1 fully saturated rings. The lowest BCUT2D eigenvalue weighted by molar-refractivity contribution is -0.115. The zero-order valence-electron chi connectivity index (χ0n) is 6.81. The van der Waals surface area contributed by atoms with E-state index < -0.39 is 0 Å². The molecule has 0 saturated heterocycles. The average molecular weight is 150 g/mol. The molecule has 1 nitrogen and oxygen atoms in total. The van der Waals surface area contributed by atoms with Gasteiger partial charge in [-0.05, 0) is 30.8 Å². The van der Waals surface area contributed by atoms with Crippen LogP contribution < -0.4 is 0 Å². The van der Waals surface area contributed by atoms with Crippen LogP contribution in [0.15, 0.2) is 11.6 Å². The number of carbonyl (C=O) groups excluding carboxylic acids is 1. The molecule has 1 heteroatoms. The second-order valence-corrected chi connectivity index (χ2v) is 3.60. The van der Waals surface area contributed by atoms with E-state index in [4.69, 9.17) is 0 Å². The number of hydrogen-bond acceptors (Lipinski definition) is 1. The molecule has 1 saturated carbocycles. The summed E-state index contributed by atoms with van der Waals surface area (Å²) in [6.45, 7) is 0. The Morgan fingerprint density at radius 2 is 2.00 bits per heavy atom. The summed E-state index contributed by atoms with van der Waals surface area (Å²) < 4.78 is 0. The number of carbonyl (C=O) groups is 1. The Kier molecular flexibility index (Phi) is 1.80. The van der Waals surface area contributed by atoms with Crippen LogP contribution in [-0.4, -0.2) is 5.78 Å². The summed E-state index contributed by atoms with van der Waals surface area (Å²) in [5, 5.41) is 0. The van der Waals surface area contributed by atoms with Crippen molar-refractivity contribution in [3.05, 3.63) is 11.6 Å². The van der Waals surface area contributed by atoms with Gasteiger partial charge in [-0.15, -0.1) is 0 Å². The number of allylic oxidation sites excluding steroid dienone is 2. The second-order valence-electron chi connectivity index (χ2n) is 3.60. The van der Waals surface area contributed by atoms with Gasteiger partial charge in [0.2, 0.25) is 0 Å². The van der Waals surface area contributed by atoms with Crippen molar-refractivity contribution in [1.82, 2.24) is 0 Å². The van der Waals surface area contributed by atoms with Gasteiger partial charge in [0.15, 0.2) is 5.78 Å². The fraction of sp³-hybridized carbons (Fsp3) is 0.700. The standard InChI is InChI=1S/C10H14O/c11-10-7-3-6-9(10)8-4-1-2-5-8/h6,8H,1-5,7H2. The van der Waals surface area contributed by atoms with Crippen molar-refractivity contribution in [2.75, 3.05) is 0 Å². The number of Topliss-reactive ketones (excluding diaryl/α,β-unsaturated/α-hetero) is 1. The molecule has 0 atom stereocenters. The molecule has 2 rings (SSSR count). The molecule has 0 aromatic rings. The van der Waals surface area contributed by atoms with Crippen molar-refractivity contribution in [2.24, 2.45) is 5.92 Å². The molecule has 0 N–H and O–H groups in total. The van der Waals surface area contributed by atoms with Gasteiger partial charge in [-0.2, -0.15) is 0 Å². The molecule has 0 radical (unpaired) electrons. The molecular formula is C10H14O. The topological polar surface area (TPSA) is 17.1 Å². The molecule has 2 aliphatic carbocycles. The minimum Gasteiger partial charge on any atom is -0.295 e. The summed E-state index contributed by atoms with van der Waals surface area (Å²) in [5.74, 6) is 1.07. The van der Waals surface area contributed by atoms with Crippen LogP contribution in [0.2, 0.25) is 0 Å². The largest absolute Gasteiger partial charge is 0.295 e. The summed E-state index contributed by atoms with van der Waals surface area (Å²) in [7, 11) is 0. The van der Waals surface area contributed by atoms with Gasteiger partial charge in [-0.25, -0.2) is 0 Å². The van der Waals surface area contributed by atoms with Crippen LogP contribution in [0.5, 0.6) is 0 Å². The van der Waals surface area contributed by atoms with Crippen LogP contribution >= 0.6 is 0 Å². The minimum absolute atomic E-state index is 0.428. The van der Waals surface area contributed by atoms with Gasteiger partial charge in [0.25, 0.3) is 0 Å². The Morgan fingerprint density at radius 1 is 1.27 bits per heavy atom. The first kappa shape index (κ1) is 7.08. The van der Waals surface area contributed by atoms with E-state index in [1.165, 1.54) is 31.3 Å². The Hall–Kier alpha value is -0.590. The molecule has 11 heavy (non-hydrogen) atoms. The molecule has 0 bridgehead atoms. The van der Waals surface area contributed by atoms with Crippen molar-refractivity contribution in [2.45, 2.75) is 38.5 Å². The third-order valence-electron chi connectivity index (χ3n) is 2.85. The zero-order valence-corrected chi connectivity index (χ0v) is 6.81. The first-order valence-corrected chi connectivity index (χ1v) is 4.61. The lowest BCUT2D eigenvalue weighted by Gasteiger charge is -2.07. The van der Waals surface area contributed by atoms with Gasteiger partial charge in [0.1, 0.15) is 0 Å². The normalized spacial score (nSPS) is 26.2. The van der Waals surface area contributed by atoms with Gasteiger partial charge in [-0.3, -0.25) is 4.79 Å². The van der Waals surface area contributed by atoms with E-state index in [-0.39, 0.29) is 0 Å². The van der Waals surface area contributed by atoms with Crippen molar-refractivity contribution in [3.63, 3.8) is 0 Å². The van der Waals surface area contributed by atoms with E-state index in [0.29, 0.717) is 11.7 Å². The molecule has 0 amide bonds. The fourth-order valence-electron chi connectivity index (χ4n) is 2.25. The zero-order chi connectivity index (χ0) is 7.68. The van der Waals surface area contributed by atoms with Gasteiger partial charge in [0, 0.05) is 6.42 Å². The lowest BCUT2D eigenvalue weighted by atomic mass is 9.96. The molecule has 0 aromatic heterocycles. The van der Waals surface area contributed by atoms with Gasteiger partial charge in [0.05, 0.1) is 0 Å². The van der Waals surface area contributed by atoms with Gasteiger partial charge < -0.3 is 0 Å². The van der Waals surface area contributed by atoms with E-state index >= 15 is 0 Å². The summed E-state index contributed by atoms with van der Waals surface area (Å²) in [4.78, 5) is 11.3. The minimum atomic E-state index is 0.428. The summed E-state index contributed by atoms with van der Waals surface area (Å²) in [5.41, 5.74) is 1.17. The SMILES string of the molecule is O=C1CCC=C1C1CCCC1. The van der Waals surface area contributed by atoms with E-state index in [2.05, 4.69) is 6.08 Å². The molecule has 0 aliphatic heterocycles. The average Bonchev–Trinajstić information content (AvgIpc) is 2.55. The number of rotatable bonds is 1. The van der Waals surface area contributed by atoms with Crippen LogP contribution in [0.1, 0.15) is 38.5 Å². The van der Waals surface area contributed by atoms with Crippen LogP contribution in [0.25, 0.3) is 0 Å². The summed E-state index contributed by atoms with van der Waals surface area (Å²) >= 11 is 0. The van der Waals surface area contributed by atoms with Crippen molar-refractivity contribution >= 4 is 5.78 Å². The maximum Gasteiger partial charge on any atom is 0.159 e. The maximum atomic E-state index is 11.3. The van der Waals surface area contributed by atoms with Crippen molar-refractivity contribution in [3.8, 4) is 0 Å². The van der Waals surface area contributed by atoms with Crippen LogP contribution in [0.3, 0.4) is 0 Å². The quantitative estimate of drug-likeness (QED) is 0.561. The van der Waals surface area contributed by atoms with E-state index in [1.54, 1.807) is 0 Å². The molecule has 0 spiro atoms. The third-order valence-corrected chi connectivity index (χ3v) is 2.85. The van der Waals surface area contributed by atoms with E-state index in [9.17, 15) is 4.79 Å². The van der Waals surface area contributed by atoms with Crippen LogP contribution in [-0.2, 0) is 4.79 Å². The highest BCUT2D eigenvalue weighted by Gasteiger charge is 2.26. The third kappa shape index (κ3) is 1.24. The predicted molar refractivity (Wildman–Crippen MR) is 44.3 cm³/mol. The fourth-order valence-corrected chi connectivity index (χ4v) is 2.25. The Morgan fingerprint density at radius 3 is 2.55 bits per heavy atom. The number of hydrogen-bond donors (Lipinski definition) is 0. The molecule has 0 aromatic carbocycles. The van der Waals surface area contributed by atoms with Crippen molar-refractivity contribution < 1.29 is 4.79 Å². The van der Waals surface area contributed by atoms with E-state index in [0.717, 1.165) is 12.8 Å². The summed E-state index contributed by atoms with van der Waals surface area (Å²) in [6, 6.07) is 0. The highest BCUT2D eigenvalue weighted by molar-refractivity contribution is 5.98. The van der Waals surface area contributed by atoms with Gasteiger partial charge >= 0.3 is 0 Å². The van der Waals surface area contributed by atoms with E-state index in [1.807, 2.05) is 0 Å². The molecular weight excluding hydrogens is 136 g/mol. The Balaban J connectivity index is 2.08. The first-order valence-electron chi connectivity index (χ1n) is 4.61. The second kappa shape index (κ2) is 2.80. The molecule has 0 heterocycles. The highest BCUT2D eigenvalue weighted by atomic mass is 16.1. The Labute approximate surface area is 67.5 Å². The first-order chi connectivity index (χ1) is 5.38. The molecule has 0 unspecified atom stereocenters. The molecule has 60 valence electrons. The van der Waals surface area contributed by atoms with Crippen LogP contribution in [0.4, 0.5) is 0 Å². The highest BCUT2D eigenvalue weighted by Crippen LogP contribution is 2.34. The summed E-state index contributed by atoms with van der Waals surface area (Å²) in [6.07, 6.45) is 9.13. The van der Waals surface area contributed by atoms with Gasteiger partial charge in [-0.1, -0.05) is 18.9 Å². The lowest BCUT2D eigenvalue weighted by Crippen LogP contribution is -2.05. The van der Waals surface area contributed by atoms with Crippen molar-refractivity contribution in [1.29, 1.82) is 0 Å². The van der Waals surface area contributed by atoms with Crippen LogP contribution in [0, 0.1) is 5.92 Å². The monoisotopic (exact) mass is 150 g/mol. The smallest absolute Gasteiger partial charge is 0.159 e. The number of ketones is 1. The predicted octanol–water partition coefficient (Wildman–Crippen LogP) is 2.47. The molecule has 2 aliphatic rings. The Bertz CT molecular complexity index is 197. The maximum absolute atomic E-state index is 11.3.